The first-order valence-corrected chi connectivity index (χ1v) is 25.1. The van der Waals surface area contributed by atoms with Crippen LogP contribution >= 0.6 is 11.3 Å². The number of furan rings is 1. The number of hydrogen-bond donors (Lipinski definition) is 0. The van der Waals surface area contributed by atoms with Crippen molar-refractivity contribution in [3.8, 4) is 50.2 Å². The molecule has 3 heterocycles. The SMILES string of the molecule is Cc1cc(N(c2ccc(-c3ccccc3)cc2-c2ccccc2)c2ccc(-c3cccc(-n4c5ccccc5c5ccccc54)c3)c3oc4ccccc4c23)ccc1-c1cccc2sc3ccccc3c12. The smallest absolute Gasteiger partial charge is 0.145 e. The number of para-hydroxylation sites is 3. The van der Waals surface area contributed by atoms with Gasteiger partial charge in [0.1, 0.15) is 11.2 Å². The second-order valence-electron chi connectivity index (χ2n) is 18.4. The highest BCUT2D eigenvalue weighted by Crippen LogP contribution is 2.50. The van der Waals surface area contributed by atoms with Crippen molar-refractivity contribution in [3.05, 3.63) is 254 Å². The summed E-state index contributed by atoms with van der Waals surface area (Å²) in [5, 5.41) is 7.22. The fourth-order valence-electron chi connectivity index (χ4n) is 11.1. The van der Waals surface area contributed by atoms with Crippen molar-refractivity contribution >= 4 is 92.3 Å². The summed E-state index contributed by atoms with van der Waals surface area (Å²) in [5.74, 6) is 0. The molecule has 0 aliphatic heterocycles. The minimum atomic E-state index is 0.847. The molecule has 14 aromatic rings. The number of anilines is 3. The van der Waals surface area contributed by atoms with Crippen LogP contribution in [0.4, 0.5) is 17.1 Å². The lowest BCUT2D eigenvalue weighted by atomic mass is 9.93. The summed E-state index contributed by atoms with van der Waals surface area (Å²) in [6.07, 6.45) is 0. The van der Waals surface area contributed by atoms with E-state index in [1.54, 1.807) is 0 Å². The highest BCUT2D eigenvalue weighted by Gasteiger charge is 2.26. The Morgan fingerprint density at radius 2 is 1.00 bits per heavy atom. The summed E-state index contributed by atoms with van der Waals surface area (Å²) < 4.78 is 12.1. The standard InChI is InChI=1S/C67H44N2OS/c1-43-40-49(35-36-50(43)54-28-17-33-64-65(54)56-27-11-15-32-63(56)71-64)69(60-38-34-46(44-18-4-2-5-19-44)42-57(60)45-20-6-3-7-21-45)61-39-37-51(67-66(61)55-26-10-14-31-62(55)70-67)47-22-16-23-48(41-47)68-58-29-12-8-24-52(58)53-25-9-13-30-59(53)68/h2-42H,1H3. The molecule has 0 amide bonds. The van der Waals surface area contributed by atoms with E-state index in [1.165, 1.54) is 64.2 Å². The van der Waals surface area contributed by atoms with E-state index in [0.717, 1.165) is 72.5 Å². The maximum atomic E-state index is 7.10. The minimum absolute atomic E-state index is 0.847. The van der Waals surface area contributed by atoms with Crippen LogP contribution < -0.4 is 4.90 Å². The molecule has 4 heteroatoms. The molecule has 0 bridgehead atoms. The molecule has 334 valence electrons. The largest absolute Gasteiger partial charge is 0.455 e. The Labute approximate surface area is 415 Å². The fraction of sp³-hybridized carbons (Fsp3) is 0.0149. The van der Waals surface area contributed by atoms with Crippen molar-refractivity contribution < 1.29 is 4.42 Å². The summed E-state index contributed by atoms with van der Waals surface area (Å²) >= 11 is 1.86. The third-order valence-corrected chi connectivity index (χ3v) is 15.5. The molecule has 3 aromatic heterocycles. The molecule has 3 nitrogen and oxygen atoms in total. The highest BCUT2D eigenvalue weighted by atomic mass is 32.1. The zero-order chi connectivity index (χ0) is 47.0. The quantitative estimate of drug-likeness (QED) is 0.151. The normalized spacial score (nSPS) is 11.7. The molecule has 0 saturated carbocycles. The van der Waals surface area contributed by atoms with E-state index in [2.05, 4.69) is 265 Å². The first-order valence-electron chi connectivity index (χ1n) is 24.2. The van der Waals surface area contributed by atoms with Crippen molar-refractivity contribution in [2.24, 2.45) is 0 Å². The monoisotopic (exact) mass is 924 g/mol. The van der Waals surface area contributed by atoms with Gasteiger partial charge in [-0.25, -0.2) is 0 Å². The predicted octanol–water partition coefficient (Wildman–Crippen LogP) is 19.5. The number of benzene rings is 11. The lowest BCUT2D eigenvalue weighted by Gasteiger charge is -2.30. The van der Waals surface area contributed by atoms with Crippen LogP contribution in [0.5, 0.6) is 0 Å². The summed E-state index contributed by atoms with van der Waals surface area (Å²) in [6, 6.07) is 90.4. The maximum Gasteiger partial charge on any atom is 0.145 e. The molecule has 14 rings (SSSR count). The topological polar surface area (TPSA) is 21.3 Å². The molecule has 11 aromatic carbocycles. The van der Waals surface area contributed by atoms with Crippen LogP contribution in [0.1, 0.15) is 5.56 Å². The second kappa shape index (κ2) is 16.6. The third kappa shape index (κ3) is 6.71. The van der Waals surface area contributed by atoms with Crippen LogP contribution in [0.25, 0.3) is 114 Å². The van der Waals surface area contributed by atoms with Crippen LogP contribution in [0, 0.1) is 6.92 Å². The Hall–Kier alpha value is -8.96. The average molecular weight is 925 g/mol. The molecule has 71 heavy (non-hydrogen) atoms. The van der Waals surface area contributed by atoms with E-state index in [0.29, 0.717) is 0 Å². The second-order valence-corrected chi connectivity index (χ2v) is 19.5. The van der Waals surface area contributed by atoms with Gasteiger partial charge in [0.25, 0.3) is 0 Å². The number of aromatic nitrogens is 1. The molecule has 0 aliphatic rings. The van der Waals surface area contributed by atoms with E-state index in [-0.39, 0.29) is 0 Å². The van der Waals surface area contributed by atoms with Crippen LogP contribution in [-0.2, 0) is 0 Å². The summed E-state index contributed by atoms with van der Waals surface area (Å²) in [6.45, 7) is 2.26. The Kier molecular flexibility index (Phi) is 9.61. The molecule has 0 saturated heterocycles. The van der Waals surface area contributed by atoms with Gasteiger partial charge in [-0.15, -0.1) is 11.3 Å². The predicted molar refractivity (Wildman–Crippen MR) is 302 cm³/mol. The Balaban J connectivity index is 1.01. The molecule has 0 N–H and O–H groups in total. The van der Waals surface area contributed by atoms with Crippen molar-refractivity contribution in [2.45, 2.75) is 6.92 Å². The van der Waals surface area contributed by atoms with E-state index in [9.17, 15) is 0 Å². The van der Waals surface area contributed by atoms with Crippen molar-refractivity contribution in [3.63, 3.8) is 0 Å². The maximum absolute atomic E-state index is 7.10. The van der Waals surface area contributed by atoms with E-state index in [1.807, 2.05) is 11.3 Å². The number of fused-ring (bicyclic) bond motifs is 9. The summed E-state index contributed by atoms with van der Waals surface area (Å²) in [4.78, 5) is 2.47. The molecule has 0 atom stereocenters. The lowest BCUT2D eigenvalue weighted by Crippen LogP contribution is -2.12. The van der Waals surface area contributed by atoms with Crippen LogP contribution in [-0.4, -0.2) is 4.57 Å². The van der Waals surface area contributed by atoms with E-state index < -0.39 is 0 Å². The first-order chi connectivity index (χ1) is 35.1. The molecule has 0 aliphatic carbocycles. The van der Waals surface area contributed by atoms with Gasteiger partial charge < -0.3 is 13.9 Å². The molecular weight excluding hydrogens is 881 g/mol. The zero-order valence-electron chi connectivity index (χ0n) is 38.9. The first kappa shape index (κ1) is 41.1. The molecule has 0 spiro atoms. The van der Waals surface area contributed by atoms with Gasteiger partial charge in [0, 0.05) is 58.8 Å². The van der Waals surface area contributed by atoms with Gasteiger partial charge in [0.15, 0.2) is 0 Å². The van der Waals surface area contributed by atoms with Gasteiger partial charge in [-0.2, -0.15) is 0 Å². The zero-order valence-corrected chi connectivity index (χ0v) is 39.7. The van der Waals surface area contributed by atoms with Crippen LogP contribution in [0.2, 0.25) is 0 Å². The number of aryl methyl sites for hydroxylation is 1. The number of rotatable bonds is 8. The van der Waals surface area contributed by atoms with Gasteiger partial charge >= 0.3 is 0 Å². The molecule has 0 fully saturated rings. The van der Waals surface area contributed by atoms with Crippen LogP contribution in [0.3, 0.4) is 0 Å². The van der Waals surface area contributed by atoms with Gasteiger partial charge in [-0.1, -0.05) is 170 Å². The van der Waals surface area contributed by atoms with Gasteiger partial charge in [0.05, 0.1) is 27.8 Å². The van der Waals surface area contributed by atoms with E-state index in [4.69, 9.17) is 4.42 Å². The Morgan fingerprint density at radius 3 is 1.77 bits per heavy atom. The molecule has 0 unspecified atom stereocenters. The van der Waals surface area contributed by atoms with Gasteiger partial charge in [0.2, 0.25) is 0 Å². The van der Waals surface area contributed by atoms with Gasteiger partial charge in [-0.05, 0) is 125 Å². The summed E-state index contributed by atoms with van der Waals surface area (Å²) in [5.41, 5.74) is 18.7. The van der Waals surface area contributed by atoms with Crippen molar-refractivity contribution in [1.29, 1.82) is 0 Å². The molecular formula is C67H44N2OS. The Morgan fingerprint density at radius 1 is 0.380 bits per heavy atom. The molecule has 0 radical (unpaired) electrons. The lowest BCUT2D eigenvalue weighted by molar-refractivity contribution is 0.670. The number of nitrogens with zero attached hydrogens (tertiary/aromatic N) is 2. The average Bonchev–Trinajstić information content (AvgIpc) is 4.12. The number of hydrogen-bond acceptors (Lipinski definition) is 3. The fourth-order valence-corrected chi connectivity index (χ4v) is 12.3. The van der Waals surface area contributed by atoms with Crippen molar-refractivity contribution in [2.75, 3.05) is 4.90 Å². The summed E-state index contributed by atoms with van der Waals surface area (Å²) in [7, 11) is 0. The van der Waals surface area contributed by atoms with E-state index >= 15 is 0 Å². The minimum Gasteiger partial charge on any atom is -0.455 e. The van der Waals surface area contributed by atoms with Gasteiger partial charge in [-0.3, -0.25) is 0 Å². The van der Waals surface area contributed by atoms with Crippen LogP contribution in [0.15, 0.2) is 253 Å². The number of thiophene rings is 1. The van der Waals surface area contributed by atoms with Crippen molar-refractivity contribution in [1.82, 2.24) is 4.57 Å². The Bertz CT molecular complexity index is 4310. The third-order valence-electron chi connectivity index (χ3n) is 14.3. The highest BCUT2D eigenvalue weighted by molar-refractivity contribution is 7.25.